The lowest BCUT2D eigenvalue weighted by Gasteiger charge is -2.23. The monoisotopic (exact) mass is 404 g/mol. The van der Waals surface area contributed by atoms with Crippen molar-refractivity contribution in [3.63, 3.8) is 0 Å². The number of carboxylic acids is 1. The van der Waals surface area contributed by atoms with E-state index in [4.69, 9.17) is 9.47 Å². The molecule has 0 aliphatic carbocycles. The first kappa shape index (κ1) is 21.8. The average Bonchev–Trinajstić information content (AvgIpc) is 2.62. The lowest BCUT2D eigenvalue weighted by atomic mass is 10.1. The summed E-state index contributed by atoms with van der Waals surface area (Å²) in [6.45, 7) is 10.9. The molecule has 0 atom stereocenters. The van der Waals surface area contributed by atoms with Crippen molar-refractivity contribution in [3.05, 3.63) is 65.5 Å². The van der Waals surface area contributed by atoms with Gasteiger partial charge in [0.2, 0.25) is 0 Å². The summed E-state index contributed by atoms with van der Waals surface area (Å²) in [7, 11) is 0. The highest BCUT2D eigenvalue weighted by atomic mass is 32.2. The second-order valence-electron chi connectivity index (χ2n) is 7.08. The molecule has 150 valence electrons. The molecule has 1 N–H and O–H groups in total. The van der Waals surface area contributed by atoms with Crippen molar-refractivity contribution in [3.8, 4) is 11.5 Å². The lowest BCUT2D eigenvalue weighted by Crippen LogP contribution is -2.38. The first-order valence-corrected chi connectivity index (χ1v) is 9.78. The van der Waals surface area contributed by atoms with Crippen LogP contribution in [0.1, 0.15) is 25.0 Å². The van der Waals surface area contributed by atoms with Gasteiger partial charge in [-0.15, -0.1) is 11.8 Å². The van der Waals surface area contributed by atoms with E-state index in [1.54, 1.807) is 36.9 Å². The quantitative estimate of drug-likeness (QED) is 0.447. The summed E-state index contributed by atoms with van der Waals surface area (Å²) in [5.41, 5.74) is 1.02. The van der Waals surface area contributed by atoms with E-state index in [9.17, 15) is 14.3 Å². The number of aryl methyl sites for hydroxylation is 2. The predicted octanol–water partition coefficient (Wildman–Crippen LogP) is 5.41. The number of carboxylic acid groups (broad SMARTS) is 1. The molecule has 0 radical (unpaired) electrons. The summed E-state index contributed by atoms with van der Waals surface area (Å²) in [4.78, 5) is 12.2. The van der Waals surface area contributed by atoms with Gasteiger partial charge in [-0.05, 0) is 68.7 Å². The van der Waals surface area contributed by atoms with Crippen LogP contribution in [0.5, 0.6) is 11.5 Å². The van der Waals surface area contributed by atoms with Gasteiger partial charge in [-0.3, -0.25) is 0 Å². The van der Waals surface area contributed by atoms with Crippen LogP contribution in [0.15, 0.2) is 53.4 Å². The third-order valence-electron chi connectivity index (χ3n) is 4.06. The number of thioether (sulfide) groups is 1. The standard InChI is InChI=1S/C22H25FO4S/c1-14(12-26-17-7-6-15(2)19(23)11-17)13-28-18-8-9-20(16(3)10-18)27-22(4,5)21(24)25/h6-11H,1,12-13H2,2-5H3,(H,24,25). The van der Waals surface area contributed by atoms with Crippen LogP contribution in [-0.4, -0.2) is 29.0 Å². The van der Waals surface area contributed by atoms with Gasteiger partial charge >= 0.3 is 5.97 Å². The minimum absolute atomic E-state index is 0.290. The Morgan fingerprint density at radius 3 is 2.50 bits per heavy atom. The molecule has 4 nitrogen and oxygen atoms in total. The third-order valence-corrected chi connectivity index (χ3v) is 5.20. The second kappa shape index (κ2) is 9.15. The Labute approximate surface area is 169 Å². The molecule has 0 saturated heterocycles. The Bertz CT molecular complexity index is 877. The van der Waals surface area contributed by atoms with Gasteiger partial charge in [-0.25, -0.2) is 9.18 Å². The third kappa shape index (κ3) is 6.02. The Morgan fingerprint density at radius 1 is 1.18 bits per heavy atom. The Hall–Kier alpha value is -2.47. The van der Waals surface area contributed by atoms with Crippen molar-refractivity contribution >= 4 is 17.7 Å². The predicted molar refractivity (Wildman–Crippen MR) is 110 cm³/mol. The topological polar surface area (TPSA) is 55.8 Å². The fourth-order valence-electron chi connectivity index (χ4n) is 2.22. The maximum atomic E-state index is 13.5. The van der Waals surface area contributed by atoms with Crippen LogP contribution in [0.2, 0.25) is 0 Å². The van der Waals surface area contributed by atoms with Crippen LogP contribution >= 0.6 is 11.8 Å². The molecule has 0 fully saturated rings. The molecule has 0 amide bonds. The molecule has 2 aromatic rings. The summed E-state index contributed by atoms with van der Waals surface area (Å²) >= 11 is 1.59. The number of aliphatic carboxylic acids is 1. The number of ether oxygens (including phenoxy) is 2. The van der Waals surface area contributed by atoms with Crippen LogP contribution in [0, 0.1) is 19.7 Å². The fraction of sp³-hybridized carbons (Fsp3) is 0.318. The lowest BCUT2D eigenvalue weighted by molar-refractivity contribution is -0.152. The molecule has 2 aromatic carbocycles. The molecule has 0 saturated carbocycles. The normalized spacial score (nSPS) is 11.2. The molecule has 6 heteroatoms. The molecule has 2 rings (SSSR count). The van der Waals surface area contributed by atoms with Crippen molar-refractivity contribution in [2.75, 3.05) is 12.4 Å². The SMILES string of the molecule is C=C(COc1ccc(C)c(F)c1)CSc1ccc(OC(C)(C)C(=O)O)c(C)c1. The number of halogens is 1. The molecule has 0 heterocycles. The van der Waals surface area contributed by atoms with E-state index in [1.807, 2.05) is 19.1 Å². The first-order chi connectivity index (χ1) is 13.1. The van der Waals surface area contributed by atoms with Crippen LogP contribution in [0.25, 0.3) is 0 Å². The number of rotatable bonds is 9. The van der Waals surface area contributed by atoms with E-state index in [-0.39, 0.29) is 5.82 Å². The van der Waals surface area contributed by atoms with Crippen LogP contribution in [-0.2, 0) is 4.79 Å². The zero-order valence-electron chi connectivity index (χ0n) is 16.5. The van der Waals surface area contributed by atoms with Gasteiger partial charge in [-0.2, -0.15) is 0 Å². The van der Waals surface area contributed by atoms with Crippen LogP contribution in [0.4, 0.5) is 4.39 Å². The zero-order chi connectivity index (χ0) is 20.9. The highest BCUT2D eigenvalue weighted by Gasteiger charge is 2.29. The second-order valence-corrected chi connectivity index (χ2v) is 8.13. The molecule has 0 spiro atoms. The fourth-order valence-corrected chi connectivity index (χ4v) is 3.10. The molecule has 0 bridgehead atoms. The summed E-state index contributed by atoms with van der Waals surface area (Å²) in [5, 5.41) is 9.18. The minimum atomic E-state index is -1.29. The molecule has 0 aliphatic heterocycles. The number of benzene rings is 2. The van der Waals surface area contributed by atoms with Crippen molar-refractivity contribution in [1.82, 2.24) is 0 Å². The Balaban J connectivity index is 1.88. The highest BCUT2D eigenvalue weighted by Crippen LogP contribution is 2.29. The maximum absolute atomic E-state index is 13.5. The van der Waals surface area contributed by atoms with Gasteiger partial charge in [0.25, 0.3) is 0 Å². The molecule has 0 aliphatic rings. The van der Waals surface area contributed by atoms with E-state index < -0.39 is 11.6 Å². The molecular weight excluding hydrogens is 379 g/mol. The van der Waals surface area contributed by atoms with E-state index in [0.29, 0.717) is 29.4 Å². The summed E-state index contributed by atoms with van der Waals surface area (Å²) in [6.07, 6.45) is 0. The molecule has 28 heavy (non-hydrogen) atoms. The smallest absolute Gasteiger partial charge is 0.347 e. The Kier molecular flexibility index (Phi) is 7.13. The van der Waals surface area contributed by atoms with Crippen molar-refractivity contribution in [1.29, 1.82) is 0 Å². The zero-order valence-corrected chi connectivity index (χ0v) is 17.4. The number of hydrogen-bond acceptors (Lipinski definition) is 4. The van der Waals surface area contributed by atoms with Crippen molar-refractivity contribution < 1.29 is 23.8 Å². The molecule has 0 aromatic heterocycles. The summed E-state index contributed by atoms with van der Waals surface area (Å²) < 4.78 is 24.7. The van der Waals surface area contributed by atoms with Gasteiger partial charge < -0.3 is 14.6 Å². The van der Waals surface area contributed by atoms with E-state index >= 15 is 0 Å². The number of hydrogen-bond donors (Lipinski definition) is 1. The van der Waals surface area contributed by atoms with Gasteiger partial charge in [0.05, 0.1) is 0 Å². The van der Waals surface area contributed by atoms with Gasteiger partial charge in [0.1, 0.15) is 23.9 Å². The Morgan fingerprint density at radius 2 is 1.89 bits per heavy atom. The maximum Gasteiger partial charge on any atom is 0.347 e. The largest absolute Gasteiger partial charge is 0.489 e. The van der Waals surface area contributed by atoms with Gasteiger partial charge in [0.15, 0.2) is 5.60 Å². The average molecular weight is 405 g/mol. The summed E-state index contributed by atoms with van der Waals surface area (Å²) in [6, 6.07) is 10.4. The highest BCUT2D eigenvalue weighted by molar-refractivity contribution is 7.99. The van der Waals surface area contributed by atoms with E-state index in [2.05, 4.69) is 6.58 Å². The van der Waals surface area contributed by atoms with Crippen LogP contribution < -0.4 is 9.47 Å². The van der Waals surface area contributed by atoms with Crippen LogP contribution in [0.3, 0.4) is 0 Å². The van der Waals surface area contributed by atoms with E-state index in [0.717, 1.165) is 16.0 Å². The van der Waals surface area contributed by atoms with Crippen molar-refractivity contribution in [2.45, 2.75) is 38.2 Å². The minimum Gasteiger partial charge on any atom is -0.489 e. The molecule has 0 unspecified atom stereocenters. The summed E-state index contributed by atoms with van der Waals surface area (Å²) in [5.74, 6) is 0.360. The van der Waals surface area contributed by atoms with E-state index in [1.165, 1.54) is 19.9 Å². The van der Waals surface area contributed by atoms with Gasteiger partial charge in [0, 0.05) is 16.7 Å². The molecular formula is C22H25FO4S. The number of carbonyl (C=O) groups is 1. The van der Waals surface area contributed by atoms with Gasteiger partial charge in [-0.1, -0.05) is 12.6 Å². The van der Waals surface area contributed by atoms with Crippen molar-refractivity contribution in [2.24, 2.45) is 0 Å². The first-order valence-electron chi connectivity index (χ1n) is 8.80.